The third-order valence-corrected chi connectivity index (χ3v) is 5.80. The predicted molar refractivity (Wildman–Crippen MR) is 139 cm³/mol. The maximum absolute atomic E-state index is 12.0. The number of aromatic amines is 2. The number of rotatable bonds is 6. The number of hydrogen-bond acceptors (Lipinski definition) is 6. The van der Waals surface area contributed by atoms with E-state index in [0.29, 0.717) is 34.1 Å². The zero-order valence-electron chi connectivity index (χ0n) is 21.8. The Kier molecular flexibility index (Phi) is 7.98. The molecule has 0 unspecified atom stereocenters. The minimum atomic E-state index is -0.0558. The Morgan fingerprint density at radius 1 is 0.583 bits per heavy atom. The van der Waals surface area contributed by atoms with Crippen LogP contribution in [0, 0.1) is 13.8 Å². The van der Waals surface area contributed by atoms with Crippen molar-refractivity contribution in [2.24, 2.45) is 14.1 Å². The van der Waals surface area contributed by atoms with Crippen LogP contribution in [0.25, 0.3) is 22.3 Å². The molecule has 2 heterocycles. The van der Waals surface area contributed by atoms with Crippen molar-refractivity contribution in [1.29, 1.82) is 0 Å². The van der Waals surface area contributed by atoms with Gasteiger partial charge in [0, 0.05) is 25.5 Å². The molecule has 10 nitrogen and oxygen atoms in total. The third-order valence-electron chi connectivity index (χ3n) is 5.80. The Balaban J connectivity index is 0.000000201. The molecule has 192 valence electrons. The first-order valence-electron chi connectivity index (χ1n) is 11.1. The summed E-state index contributed by atoms with van der Waals surface area (Å²) in [6.45, 7) is 3.74. The second kappa shape index (κ2) is 10.9. The zero-order chi connectivity index (χ0) is 26.6. The van der Waals surface area contributed by atoms with E-state index in [4.69, 9.17) is 18.9 Å². The highest BCUT2D eigenvalue weighted by molar-refractivity contribution is 5.69. The van der Waals surface area contributed by atoms with Crippen molar-refractivity contribution < 1.29 is 18.9 Å². The summed E-state index contributed by atoms with van der Waals surface area (Å²) in [6, 6.07) is 10.9. The van der Waals surface area contributed by atoms with Gasteiger partial charge in [0.1, 0.15) is 0 Å². The molecule has 0 radical (unpaired) electrons. The fraction of sp³-hybridized carbons (Fsp3) is 0.308. The van der Waals surface area contributed by atoms with Crippen LogP contribution in [-0.2, 0) is 14.1 Å². The number of H-pyrrole nitrogens is 2. The minimum absolute atomic E-state index is 0.0558. The molecule has 10 heteroatoms. The van der Waals surface area contributed by atoms with Crippen LogP contribution in [-0.4, -0.2) is 48.0 Å². The smallest absolute Gasteiger partial charge is 0.274 e. The van der Waals surface area contributed by atoms with Crippen molar-refractivity contribution in [3.8, 4) is 45.3 Å². The zero-order valence-corrected chi connectivity index (χ0v) is 21.8. The Morgan fingerprint density at radius 3 is 1.17 bits per heavy atom. The molecule has 0 aliphatic carbocycles. The summed E-state index contributed by atoms with van der Waals surface area (Å²) in [6.07, 6.45) is 0. The van der Waals surface area contributed by atoms with Crippen LogP contribution in [0.1, 0.15) is 11.4 Å². The highest BCUT2D eigenvalue weighted by Crippen LogP contribution is 2.33. The van der Waals surface area contributed by atoms with Crippen molar-refractivity contribution in [3.05, 3.63) is 68.5 Å². The van der Waals surface area contributed by atoms with E-state index in [9.17, 15) is 9.59 Å². The molecule has 2 aromatic carbocycles. The Hall–Kier alpha value is -4.34. The molecule has 36 heavy (non-hydrogen) atoms. The Morgan fingerprint density at radius 2 is 0.917 bits per heavy atom. The normalized spacial score (nSPS) is 10.4. The third kappa shape index (κ3) is 5.02. The van der Waals surface area contributed by atoms with Gasteiger partial charge in [0.2, 0.25) is 0 Å². The lowest BCUT2D eigenvalue weighted by Gasteiger charge is -2.08. The van der Waals surface area contributed by atoms with Gasteiger partial charge in [0.15, 0.2) is 23.0 Å². The van der Waals surface area contributed by atoms with Crippen LogP contribution < -0.4 is 30.1 Å². The molecule has 0 fully saturated rings. The molecular formula is C26H32N4O6. The van der Waals surface area contributed by atoms with Crippen molar-refractivity contribution in [2.75, 3.05) is 28.4 Å². The van der Waals surface area contributed by atoms with Gasteiger partial charge in [-0.05, 0) is 49.2 Å². The van der Waals surface area contributed by atoms with Gasteiger partial charge in [-0.1, -0.05) is 12.1 Å². The first-order chi connectivity index (χ1) is 17.2. The van der Waals surface area contributed by atoms with Crippen molar-refractivity contribution in [2.45, 2.75) is 13.8 Å². The van der Waals surface area contributed by atoms with E-state index in [-0.39, 0.29) is 11.1 Å². The average molecular weight is 497 g/mol. The molecule has 0 saturated heterocycles. The van der Waals surface area contributed by atoms with E-state index < -0.39 is 0 Å². The van der Waals surface area contributed by atoms with Crippen LogP contribution in [0.5, 0.6) is 23.0 Å². The number of nitrogens with zero attached hydrogens (tertiary/aromatic N) is 2. The van der Waals surface area contributed by atoms with E-state index in [1.165, 1.54) is 9.36 Å². The molecular weight excluding hydrogens is 464 g/mol. The van der Waals surface area contributed by atoms with Gasteiger partial charge in [0.05, 0.1) is 39.6 Å². The predicted octanol–water partition coefficient (Wildman–Crippen LogP) is 3.41. The van der Waals surface area contributed by atoms with Crippen molar-refractivity contribution in [3.63, 3.8) is 0 Å². The fourth-order valence-corrected chi connectivity index (χ4v) is 4.04. The number of aromatic nitrogens is 4. The number of nitrogens with one attached hydrogen (secondary N) is 2. The van der Waals surface area contributed by atoms with Crippen LogP contribution in [0.4, 0.5) is 0 Å². The summed E-state index contributed by atoms with van der Waals surface area (Å²) in [5, 5.41) is 5.94. The van der Waals surface area contributed by atoms with Gasteiger partial charge in [-0.3, -0.25) is 29.2 Å². The van der Waals surface area contributed by atoms with Gasteiger partial charge < -0.3 is 18.9 Å². The van der Waals surface area contributed by atoms with E-state index in [1.54, 1.807) is 66.8 Å². The molecule has 0 spiro atoms. The van der Waals surface area contributed by atoms with Crippen molar-refractivity contribution >= 4 is 0 Å². The molecule has 4 rings (SSSR count). The molecule has 0 bridgehead atoms. The summed E-state index contributed by atoms with van der Waals surface area (Å²) in [4.78, 5) is 24.0. The summed E-state index contributed by atoms with van der Waals surface area (Å²) in [7, 11) is 9.70. The standard InChI is InChI=1S/2C13H16N2O3/c2*1-8-12(13(16)15(2)14-8)9-5-6-10(17-3)11(7-9)18-4/h2*5-7,14H,1-4H3. The Bertz CT molecular complexity index is 1360. The molecule has 0 atom stereocenters. The highest BCUT2D eigenvalue weighted by Gasteiger charge is 2.15. The quantitative estimate of drug-likeness (QED) is 0.423. The SMILES string of the molecule is COc1ccc(-c2c(C)[nH]n(C)c2=O)cc1OC.COc1ccc(-c2c(C)[nH]n(C)c2=O)cc1OC. The fourth-order valence-electron chi connectivity index (χ4n) is 4.04. The van der Waals surface area contributed by atoms with Crippen LogP contribution in [0.2, 0.25) is 0 Å². The minimum Gasteiger partial charge on any atom is -0.493 e. The maximum Gasteiger partial charge on any atom is 0.274 e. The number of benzene rings is 2. The topological polar surface area (TPSA) is 113 Å². The molecule has 2 aromatic heterocycles. The van der Waals surface area contributed by atoms with E-state index in [1.807, 2.05) is 26.0 Å². The van der Waals surface area contributed by atoms with Crippen LogP contribution in [0.15, 0.2) is 46.0 Å². The summed E-state index contributed by atoms with van der Waals surface area (Å²) in [5.74, 6) is 2.51. The largest absolute Gasteiger partial charge is 0.493 e. The molecule has 0 aliphatic rings. The molecule has 0 saturated carbocycles. The van der Waals surface area contributed by atoms with Gasteiger partial charge in [0.25, 0.3) is 11.1 Å². The summed E-state index contributed by atoms with van der Waals surface area (Å²) >= 11 is 0. The number of hydrogen-bond donors (Lipinski definition) is 2. The van der Waals surface area contributed by atoms with Gasteiger partial charge in [-0.15, -0.1) is 0 Å². The second-order valence-corrected chi connectivity index (χ2v) is 8.09. The van der Waals surface area contributed by atoms with Crippen molar-refractivity contribution in [1.82, 2.24) is 19.6 Å². The average Bonchev–Trinajstić information content (AvgIpc) is 3.29. The monoisotopic (exact) mass is 496 g/mol. The summed E-state index contributed by atoms with van der Waals surface area (Å²) in [5.41, 5.74) is 4.47. The van der Waals surface area contributed by atoms with E-state index in [0.717, 1.165) is 22.5 Å². The molecule has 0 aliphatic heterocycles. The van der Waals surface area contributed by atoms with Crippen LogP contribution >= 0.6 is 0 Å². The van der Waals surface area contributed by atoms with Crippen LogP contribution in [0.3, 0.4) is 0 Å². The lowest BCUT2D eigenvalue weighted by molar-refractivity contribution is 0.355. The Labute approximate surface area is 209 Å². The first-order valence-corrected chi connectivity index (χ1v) is 11.1. The van der Waals surface area contributed by atoms with Gasteiger partial charge in [-0.25, -0.2) is 0 Å². The maximum atomic E-state index is 12.0. The molecule has 2 N–H and O–H groups in total. The highest BCUT2D eigenvalue weighted by atomic mass is 16.5. The second-order valence-electron chi connectivity index (χ2n) is 8.09. The van der Waals surface area contributed by atoms with Gasteiger partial charge in [-0.2, -0.15) is 0 Å². The lowest BCUT2D eigenvalue weighted by Crippen LogP contribution is -2.13. The number of methoxy groups -OCH3 is 4. The summed E-state index contributed by atoms with van der Waals surface area (Å²) < 4.78 is 23.8. The lowest BCUT2D eigenvalue weighted by atomic mass is 10.1. The first kappa shape index (κ1) is 26.3. The molecule has 0 amide bonds. The molecule has 4 aromatic rings. The van der Waals surface area contributed by atoms with Gasteiger partial charge >= 0.3 is 0 Å². The number of ether oxygens (including phenoxy) is 4. The van der Waals surface area contributed by atoms with E-state index in [2.05, 4.69) is 10.2 Å². The van der Waals surface area contributed by atoms with E-state index >= 15 is 0 Å². The number of aryl methyl sites for hydroxylation is 4.